The van der Waals surface area contributed by atoms with Crippen molar-refractivity contribution >= 4 is 27.7 Å². The van der Waals surface area contributed by atoms with E-state index in [9.17, 15) is 13.2 Å². The summed E-state index contributed by atoms with van der Waals surface area (Å²) in [6.45, 7) is 3.48. The molecule has 1 unspecified atom stereocenters. The minimum Gasteiger partial charge on any atom is -0.351 e. The van der Waals surface area contributed by atoms with Gasteiger partial charge in [0.15, 0.2) is 0 Å². The number of sulfonamides is 1. The van der Waals surface area contributed by atoms with E-state index in [2.05, 4.69) is 21.0 Å². The van der Waals surface area contributed by atoms with E-state index in [1.165, 1.54) is 37.0 Å². The lowest BCUT2D eigenvalue weighted by atomic mass is 10.0. The number of rotatable bonds is 11. The van der Waals surface area contributed by atoms with E-state index in [4.69, 9.17) is 0 Å². The molecular formula is C24H33N3O3S2. The highest BCUT2D eigenvalue weighted by Gasteiger charge is 2.25. The predicted octanol–water partition coefficient (Wildman–Crippen LogP) is 3.39. The molecule has 1 atom stereocenters. The fraction of sp³-hybridized carbons (Fsp3) is 0.458. The summed E-state index contributed by atoms with van der Waals surface area (Å²) < 4.78 is 28.1. The van der Waals surface area contributed by atoms with Gasteiger partial charge in [-0.05, 0) is 67.6 Å². The van der Waals surface area contributed by atoms with Gasteiger partial charge in [0.25, 0.3) is 0 Å². The van der Waals surface area contributed by atoms with Crippen molar-refractivity contribution in [3.05, 3.63) is 65.7 Å². The minimum absolute atomic E-state index is 0.161. The molecular weight excluding hydrogens is 442 g/mol. The van der Waals surface area contributed by atoms with Crippen LogP contribution >= 0.6 is 11.8 Å². The van der Waals surface area contributed by atoms with Crippen molar-refractivity contribution in [2.24, 2.45) is 0 Å². The number of carbonyl (C=O) groups excluding carboxylic acids is 1. The zero-order valence-corrected chi connectivity index (χ0v) is 20.3. The Morgan fingerprint density at radius 3 is 2.34 bits per heavy atom. The molecule has 1 saturated heterocycles. The van der Waals surface area contributed by atoms with Gasteiger partial charge in [-0.3, -0.25) is 9.69 Å². The molecule has 174 valence electrons. The molecule has 1 fully saturated rings. The number of carbonyl (C=O) groups is 1. The normalized spacial score (nSPS) is 15.9. The summed E-state index contributed by atoms with van der Waals surface area (Å²) in [6.07, 6.45) is 6.13. The average molecular weight is 476 g/mol. The first-order chi connectivity index (χ1) is 15.5. The lowest BCUT2D eigenvalue weighted by molar-refractivity contribution is -0.122. The summed E-state index contributed by atoms with van der Waals surface area (Å²) in [5.41, 5.74) is 2.28. The van der Waals surface area contributed by atoms with Crippen molar-refractivity contribution in [3.8, 4) is 0 Å². The molecule has 3 rings (SSSR count). The number of likely N-dealkylation sites (tertiary alicyclic amines) is 1. The molecule has 0 aliphatic carbocycles. The van der Waals surface area contributed by atoms with Crippen LogP contribution in [0.2, 0.25) is 0 Å². The van der Waals surface area contributed by atoms with Crippen molar-refractivity contribution in [1.29, 1.82) is 0 Å². The fourth-order valence-electron chi connectivity index (χ4n) is 3.88. The van der Waals surface area contributed by atoms with Crippen LogP contribution in [0.1, 0.15) is 36.8 Å². The largest absolute Gasteiger partial charge is 0.351 e. The third-order valence-electron chi connectivity index (χ3n) is 5.69. The van der Waals surface area contributed by atoms with E-state index < -0.39 is 16.1 Å². The second-order valence-corrected chi connectivity index (χ2v) is 10.8. The number of hydrogen-bond donors (Lipinski definition) is 2. The smallest absolute Gasteiger partial charge is 0.241 e. The molecule has 0 spiro atoms. The number of piperidine rings is 1. The van der Waals surface area contributed by atoms with Crippen molar-refractivity contribution in [3.63, 3.8) is 0 Å². The second kappa shape index (κ2) is 12.4. The molecule has 0 aromatic heterocycles. The first kappa shape index (κ1) is 24.8. The lowest BCUT2D eigenvalue weighted by Gasteiger charge is -2.27. The molecule has 0 bridgehead atoms. The molecule has 2 N–H and O–H groups in total. The monoisotopic (exact) mass is 475 g/mol. The van der Waals surface area contributed by atoms with Crippen LogP contribution in [0.5, 0.6) is 0 Å². The van der Waals surface area contributed by atoms with Crippen molar-refractivity contribution in [1.82, 2.24) is 14.9 Å². The summed E-state index contributed by atoms with van der Waals surface area (Å²) >= 11 is 1.59. The molecule has 32 heavy (non-hydrogen) atoms. The van der Waals surface area contributed by atoms with Gasteiger partial charge in [-0.15, -0.1) is 0 Å². The second-order valence-electron chi connectivity index (χ2n) is 8.09. The van der Waals surface area contributed by atoms with Crippen molar-refractivity contribution in [2.75, 3.05) is 25.1 Å². The number of nitrogens with zero attached hydrogens (tertiary/aromatic N) is 1. The van der Waals surface area contributed by atoms with Crippen molar-refractivity contribution in [2.45, 2.75) is 49.7 Å². The quantitative estimate of drug-likeness (QED) is 0.521. The Hall–Kier alpha value is -1.87. The Kier molecular flexibility index (Phi) is 9.59. The molecule has 1 aliphatic rings. The average Bonchev–Trinajstić information content (AvgIpc) is 2.82. The standard InChI is InChI=1S/C24H33N3O3S2/c1-31-17-14-23(26-32(29,30)22-12-4-2-5-13-22)24(28)25-18-20-10-6-7-11-21(20)19-27-15-8-3-9-16-27/h2,4-7,10-13,23,26H,3,8-9,14-19H2,1H3,(H,25,28). The molecule has 2 aromatic carbocycles. The highest BCUT2D eigenvalue weighted by Crippen LogP contribution is 2.16. The Morgan fingerprint density at radius 2 is 1.66 bits per heavy atom. The van der Waals surface area contributed by atoms with Gasteiger partial charge in [0.1, 0.15) is 6.04 Å². The summed E-state index contributed by atoms with van der Waals surface area (Å²) in [5, 5.41) is 2.97. The molecule has 1 aliphatic heterocycles. The van der Waals surface area contributed by atoms with Crippen LogP contribution in [-0.4, -0.2) is 50.4 Å². The first-order valence-corrected chi connectivity index (χ1v) is 14.0. The molecule has 0 radical (unpaired) electrons. The highest BCUT2D eigenvalue weighted by atomic mass is 32.2. The van der Waals surface area contributed by atoms with Gasteiger partial charge in [-0.25, -0.2) is 8.42 Å². The Bertz CT molecular complexity index is 961. The molecule has 8 heteroatoms. The van der Waals surface area contributed by atoms with Gasteiger partial charge in [0, 0.05) is 13.1 Å². The summed E-state index contributed by atoms with van der Waals surface area (Å²) in [4.78, 5) is 15.6. The minimum atomic E-state index is -3.77. The number of benzene rings is 2. The van der Waals surface area contributed by atoms with Crippen LogP contribution < -0.4 is 10.0 Å². The first-order valence-electron chi connectivity index (χ1n) is 11.1. The van der Waals surface area contributed by atoms with Crippen LogP contribution in [0.25, 0.3) is 0 Å². The van der Waals surface area contributed by atoms with Crippen LogP contribution in [0.3, 0.4) is 0 Å². The Morgan fingerprint density at radius 1 is 1.00 bits per heavy atom. The van der Waals surface area contributed by atoms with E-state index in [0.717, 1.165) is 25.2 Å². The van der Waals surface area contributed by atoms with Gasteiger partial charge in [-0.2, -0.15) is 16.5 Å². The van der Waals surface area contributed by atoms with E-state index in [-0.39, 0.29) is 10.8 Å². The maximum Gasteiger partial charge on any atom is 0.241 e. The van der Waals surface area contributed by atoms with Gasteiger partial charge in [0.2, 0.25) is 15.9 Å². The van der Waals surface area contributed by atoms with E-state index in [0.29, 0.717) is 18.7 Å². The fourth-order valence-corrected chi connectivity index (χ4v) is 5.60. The highest BCUT2D eigenvalue weighted by molar-refractivity contribution is 7.98. The van der Waals surface area contributed by atoms with Gasteiger partial charge in [-0.1, -0.05) is 48.9 Å². The topological polar surface area (TPSA) is 78.5 Å². The number of amides is 1. The van der Waals surface area contributed by atoms with Crippen molar-refractivity contribution < 1.29 is 13.2 Å². The maximum atomic E-state index is 13.0. The van der Waals surface area contributed by atoms with Crippen LogP contribution in [-0.2, 0) is 27.9 Å². The number of hydrogen-bond acceptors (Lipinski definition) is 5. The zero-order chi connectivity index (χ0) is 22.8. The summed E-state index contributed by atoms with van der Waals surface area (Å²) in [6, 6.07) is 15.5. The number of thioether (sulfide) groups is 1. The van der Waals surface area contributed by atoms with E-state index in [1.807, 2.05) is 24.5 Å². The SMILES string of the molecule is CSCCC(NS(=O)(=O)c1ccccc1)C(=O)NCc1ccccc1CN1CCCCC1. The van der Waals surface area contributed by atoms with Gasteiger partial charge >= 0.3 is 0 Å². The molecule has 1 heterocycles. The maximum absolute atomic E-state index is 13.0. The lowest BCUT2D eigenvalue weighted by Crippen LogP contribution is -2.46. The number of nitrogens with one attached hydrogen (secondary N) is 2. The van der Waals surface area contributed by atoms with Crippen LogP contribution in [0.4, 0.5) is 0 Å². The third kappa shape index (κ3) is 7.33. The van der Waals surface area contributed by atoms with Crippen LogP contribution in [0, 0.1) is 0 Å². The Balaban J connectivity index is 1.65. The van der Waals surface area contributed by atoms with E-state index >= 15 is 0 Å². The third-order valence-corrected chi connectivity index (χ3v) is 7.82. The van der Waals surface area contributed by atoms with Gasteiger partial charge < -0.3 is 5.32 Å². The summed E-state index contributed by atoms with van der Waals surface area (Å²) in [7, 11) is -3.77. The molecule has 6 nitrogen and oxygen atoms in total. The van der Waals surface area contributed by atoms with Crippen LogP contribution in [0.15, 0.2) is 59.5 Å². The predicted molar refractivity (Wildman–Crippen MR) is 131 cm³/mol. The summed E-state index contributed by atoms with van der Waals surface area (Å²) in [5.74, 6) is 0.382. The molecule has 0 saturated carbocycles. The van der Waals surface area contributed by atoms with Gasteiger partial charge in [0.05, 0.1) is 4.90 Å². The van der Waals surface area contributed by atoms with E-state index in [1.54, 1.807) is 30.0 Å². The Labute approximate surface area is 196 Å². The molecule has 2 aromatic rings. The zero-order valence-electron chi connectivity index (χ0n) is 18.6. The molecule has 1 amide bonds.